The quantitative estimate of drug-likeness (QED) is 0.876. The van der Waals surface area contributed by atoms with Gasteiger partial charge >= 0.3 is 5.97 Å². The Kier molecular flexibility index (Phi) is 5.09. The normalized spacial score (nSPS) is 12.0. The fourth-order valence-electron chi connectivity index (χ4n) is 2.12. The summed E-state index contributed by atoms with van der Waals surface area (Å²) in [6, 6.07) is 7.14. The van der Waals surface area contributed by atoms with Gasteiger partial charge in [0.15, 0.2) is 11.5 Å². The summed E-state index contributed by atoms with van der Waals surface area (Å²) >= 11 is 7.58. The number of carbonyl (C=O) groups is 1. The molecule has 0 fully saturated rings. The van der Waals surface area contributed by atoms with E-state index in [-0.39, 0.29) is 0 Å². The number of benzene rings is 1. The summed E-state index contributed by atoms with van der Waals surface area (Å²) in [4.78, 5) is 12.3. The van der Waals surface area contributed by atoms with Crippen LogP contribution in [0.25, 0.3) is 0 Å². The predicted octanol–water partition coefficient (Wildman–Crippen LogP) is 3.83. The zero-order valence-corrected chi connectivity index (χ0v) is 13.2. The van der Waals surface area contributed by atoms with Gasteiger partial charge in [0.25, 0.3) is 0 Å². The number of hydrogen-bond donors (Lipinski definition) is 1. The molecule has 21 heavy (non-hydrogen) atoms. The maximum Gasteiger partial charge on any atom is 0.312 e. The van der Waals surface area contributed by atoms with E-state index >= 15 is 0 Å². The fourth-order valence-corrected chi connectivity index (χ4v) is 3.25. The van der Waals surface area contributed by atoms with E-state index in [2.05, 4.69) is 0 Å². The zero-order chi connectivity index (χ0) is 15.4. The van der Waals surface area contributed by atoms with Crippen molar-refractivity contribution in [3.63, 3.8) is 0 Å². The van der Waals surface area contributed by atoms with E-state index in [4.69, 9.17) is 21.1 Å². The Labute approximate surface area is 131 Å². The van der Waals surface area contributed by atoms with Crippen molar-refractivity contribution in [2.45, 2.75) is 12.3 Å². The van der Waals surface area contributed by atoms with Crippen LogP contribution in [0.5, 0.6) is 11.5 Å². The molecule has 0 aliphatic heterocycles. The summed E-state index contributed by atoms with van der Waals surface area (Å²) in [5, 5.41) is 11.7. The highest BCUT2D eigenvalue weighted by Gasteiger charge is 2.22. The highest BCUT2D eigenvalue weighted by molar-refractivity contribution is 7.10. The second-order valence-electron chi connectivity index (χ2n) is 4.42. The minimum atomic E-state index is -0.858. The van der Waals surface area contributed by atoms with E-state index in [1.807, 2.05) is 17.5 Å². The molecule has 1 aromatic carbocycles. The number of rotatable bonds is 6. The first kappa shape index (κ1) is 15.7. The Hall–Kier alpha value is -1.72. The van der Waals surface area contributed by atoms with Crippen molar-refractivity contribution in [2.24, 2.45) is 0 Å². The molecule has 0 saturated heterocycles. The second kappa shape index (κ2) is 6.83. The predicted molar refractivity (Wildman–Crippen MR) is 83.0 cm³/mol. The van der Waals surface area contributed by atoms with E-state index in [1.165, 1.54) is 25.6 Å². The Balaban J connectivity index is 2.33. The SMILES string of the molecule is COc1cc(CC(C(=O)O)c2cccs2)cc(Cl)c1OC. The first-order valence-corrected chi connectivity index (χ1v) is 7.49. The third kappa shape index (κ3) is 3.49. The van der Waals surface area contributed by atoms with Crippen molar-refractivity contribution >= 4 is 28.9 Å². The number of thiophene rings is 1. The molecule has 6 heteroatoms. The zero-order valence-electron chi connectivity index (χ0n) is 11.6. The van der Waals surface area contributed by atoms with Gasteiger partial charge in [-0.15, -0.1) is 11.3 Å². The molecule has 1 unspecified atom stereocenters. The van der Waals surface area contributed by atoms with Gasteiger partial charge in [-0.2, -0.15) is 0 Å². The van der Waals surface area contributed by atoms with Crippen molar-refractivity contribution in [3.05, 3.63) is 45.1 Å². The number of aliphatic carboxylic acids is 1. The first-order chi connectivity index (χ1) is 10.1. The second-order valence-corrected chi connectivity index (χ2v) is 5.81. The van der Waals surface area contributed by atoms with E-state index in [1.54, 1.807) is 12.1 Å². The first-order valence-electron chi connectivity index (χ1n) is 6.23. The molecule has 0 bridgehead atoms. The van der Waals surface area contributed by atoms with Gasteiger partial charge in [0.1, 0.15) is 0 Å². The highest BCUT2D eigenvalue weighted by Crippen LogP contribution is 2.37. The summed E-state index contributed by atoms with van der Waals surface area (Å²) in [7, 11) is 3.03. The van der Waals surface area contributed by atoms with E-state index in [0.717, 1.165) is 10.4 Å². The summed E-state index contributed by atoms with van der Waals surface area (Å²) in [5.41, 5.74) is 0.790. The summed E-state index contributed by atoms with van der Waals surface area (Å²) in [6.07, 6.45) is 0.343. The number of carboxylic acid groups (broad SMARTS) is 1. The van der Waals surface area contributed by atoms with Gasteiger partial charge in [-0.05, 0) is 35.6 Å². The Morgan fingerprint density at radius 2 is 2.14 bits per heavy atom. The van der Waals surface area contributed by atoms with E-state index in [9.17, 15) is 9.90 Å². The van der Waals surface area contributed by atoms with Gasteiger partial charge in [0.2, 0.25) is 0 Å². The maximum atomic E-state index is 11.5. The molecule has 112 valence electrons. The number of carboxylic acids is 1. The smallest absolute Gasteiger partial charge is 0.312 e. The van der Waals surface area contributed by atoms with Gasteiger partial charge in [-0.1, -0.05) is 17.7 Å². The van der Waals surface area contributed by atoms with Crippen LogP contribution in [0.15, 0.2) is 29.6 Å². The van der Waals surface area contributed by atoms with E-state index in [0.29, 0.717) is 22.9 Å². The molecule has 2 rings (SSSR count). The lowest BCUT2D eigenvalue weighted by atomic mass is 9.97. The van der Waals surface area contributed by atoms with Crippen LogP contribution in [0.2, 0.25) is 5.02 Å². The third-order valence-corrected chi connectivity index (χ3v) is 4.38. The van der Waals surface area contributed by atoms with Crippen LogP contribution in [0.1, 0.15) is 16.4 Å². The third-order valence-electron chi connectivity index (χ3n) is 3.12. The van der Waals surface area contributed by atoms with E-state index < -0.39 is 11.9 Å². The van der Waals surface area contributed by atoms with Crippen LogP contribution in [-0.4, -0.2) is 25.3 Å². The molecular weight excluding hydrogens is 312 g/mol. The number of halogens is 1. The summed E-state index contributed by atoms with van der Waals surface area (Å²) in [5.74, 6) is -0.510. The average molecular weight is 327 g/mol. The molecule has 0 aliphatic carbocycles. The molecule has 4 nitrogen and oxygen atoms in total. The highest BCUT2D eigenvalue weighted by atomic mass is 35.5. The summed E-state index contributed by atoms with van der Waals surface area (Å²) in [6.45, 7) is 0. The fraction of sp³-hybridized carbons (Fsp3) is 0.267. The van der Waals surface area contributed by atoms with Crippen LogP contribution in [0.3, 0.4) is 0 Å². The molecule has 0 amide bonds. The van der Waals surface area contributed by atoms with Gasteiger partial charge in [0, 0.05) is 4.88 Å². The maximum absolute atomic E-state index is 11.5. The Morgan fingerprint density at radius 1 is 1.38 bits per heavy atom. The van der Waals surface area contributed by atoms with Crippen molar-refractivity contribution < 1.29 is 19.4 Å². The minimum Gasteiger partial charge on any atom is -0.493 e. The van der Waals surface area contributed by atoms with Crippen LogP contribution >= 0.6 is 22.9 Å². The average Bonchev–Trinajstić information content (AvgIpc) is 2.97. The molecular formula is C15H15ClO4S. The molecule has 1 heterocycles. The van der Waals surface area contributed by atoms with Crippen LogP contribution in [0, 0.1) is 0 Å². The van der Waals surface area contributed by atoms with Gasteiger partial charge in [-0.3, -0.25) is 4.79 Å². The lowest BCUT2D eigenvalue weighted by Crippen LogP contribution is -2.13. The Bertz CT molecular complexity index is 625. The number of methoxy groups -OCH3 is 2. The van der Waals surface area contributed by atoms with Gasteiger partial charge in [-0.25, -0.2) is 0 Å². The van der Waals surface area contributed by atoms with Crippen LogP contribution in [0.4, 0.5) is 0 Å². The van der Waals surface area contributed by atoms with Crippen molar-refractivity contribution in [2.75, 3.05) is 14.2 Å². The topological polar surface area (TPSA) is 55.8 Å². The largest absolute Gasteiger partial charge is 0.493 e. The van der Waals surface area contributed by atoms with Crippen molar-refractivity contribution in [1.82, 2.24) is 0 Å². The van der Waals surface area contributed by atoms with Gasteiger partial charge < -0.3 is 14.6 Å². The minimum absolute atomic E-state index is 0.343. The molecule has 1 aromatic heterocycles. The molecule has 0 saturated carbocycles. The van der Waals surface area contributed by atoms with Gasteiger partial charge in [0.05, 0.1) is 25.2 Å². The molecule has 1 N–H and O–H groups in total. The molecule has 1 atom stereocenters. The number of ether oxygens (including phenoxy) is 2. The molecule has 0 radical (unpaired) electrons. The lowest BCUT2D eigenvalue weighted by molar-refractivity contribution is -0.138. The lowest BCUT2D eigenvalue weighted by Gasteiger charge is -2.14. The van der Waals surface area contributed by atoms with Crippen molar-refractivity contribution in [1.29, 1.82) is 0 Å². The number of hydrogen-bond acceptors (Lipinski definition) is 4. The molecule has 0 spiro atoms. The van der Waals surface area contributed by atoms with Crippen LogP contribution < -0.4 is 9.47 Å². The standard InChI is InChI=1S/C15H15ClO4S/c1-19-12-8-9(7-11(16)14(12)20-2)6-10(15(17)18)13-4-3-5-21-13/h3-5,7-8,10H,6H2,1-2H3,(H,17,18). The molecule has 0 aliphatic rings. The molecule has 2 aromatic rings. The van der Waals surface area contributed by atoms with Crippen molar-refractivity contribution in [3.8, 4) is 11.5 Å². The monoisotopic (exact) mass is 326 g/mol. The van der Waals surface area contributed by atoms with Crippen LogP contribution in [-0.2, 0) is 11.2 Å². The Morgan fingerprint density at radius 3 is 2.67 bits per heavy atom. The summed E-state index contributed by atoms with van der Waals surface area (Å²) < 4.78 is 10.4.